The van der Waals surface area contributed by atoms with Gasteiger partial charge in [0.15, 0.2) is 17.5 Å². The summed E-state index contributed by atoms with van der Waals surface area (Å²) in [5, 5.41) is 11.3. The first-order chi connectivity index (χ1) is 14.4. The van der Waals surface area contributed by atoms with Gasteiger partial charge in [-0.2, -0.15) is 4.98 Å². The summed E-state index contributed by atoms with van der Waals surface area (Å²) < 4.78 is 20.5. The second-order valence-electron chi connectivity index (χ2n) is 7.16. The molecule has 0 spiro atoms. The Hall–Kier alpha value is -2.78. The van der Waals surface area contributed by atoms with Gasteiger partial charge in [0.25, 0.3) is 5.89 Å². The van der Waals surface area contributed by atoms with Gasteiger partial charge in [0.05, 0.1) is 12.5 Å². The van der Waals surface area contributed by atoms with E-state index < -0.39 is 5.91 Å². The molecule has 160 valence electrons. The van der Waals surface area contributed by atoms with Crippen LogP contribution in [-0.2, 0) is 6.54 Å². The van der Waals surface area contributed by atoms with Crippen LogP contribution in [0.3, 0.4) is 0 Å². The lowest BCUT2D eigenvalue weighted by Gasteiger charge is -2.16. The molecule has 2 aromatic heterocycles. The molecule has 10 heteroatoms. The zero-order valence-corrected chi connectivity index (χ0v) is 17.9. The van der Waals surface area contributed by atoms with Crippen LogP contribution in [0.4, 0.5) is 4.39 Å². The van der Waals surface area contributed by atoms with Crippen molar-refractivity contribution < 1.29 is 13.6 Å². The van der Waals surface area contributed by atoms with Crippen LogP contribution in [-0.4, -0.2) is 49.6 Å². The number of carbonyl (C=O) groups is 1. The molecule has 1 aromatic carbocycles. The number of hydrogen-bond acceptors (Lipinski definition) is 6. The van der Waals surface area contributed by atoms with Gasteiger partial charge in [0.1, 0.15) is 12.1 Å². The van der Waals surface area contributed by atoms with E-state index in [1.807, 2.05) is 25.7 Å². The molecule has 0 aliphatic rings. The smallest absolute Gasteiger partial charge is 0.307 e. The number of nitrogens with one attached hydrogen (secondary N) is 1. The molecule has 0 fully saturated rings. The summed E-state index contributed by atoms with van der Waals surface area (Å²) >= 11 is 6.00. The van der Waals surface area contributed by atoms with Gasteiger partial charge < -0.3 is 9.73 Å². The van der Waals surface area contributed by atoms with E-state index in [4.69, 9.17) is 16.0 Å². The number of nitrogens with zero attached hydrogens (tertiary/aromatic N) is 5. The first-order valence-electron chi connectivity index (χ1n) is 9.65. The third-order valence-corrected chi connectivity index (χ3v) is 4.74. The molecule has 0 atom stereocenters. The highest BCUT2D eigenvalue weighted by molar-refractivity contribution is 6.17. The number of rotatable bonds is 9. The summed E-state index contributed by atoms with van der Waals surface area (Å²) in [6, 6.07) is 6.22. The van der Waals surface area contributed by atoms with Gasteiger partial charge in [-0.3, -0.25) is 14.3 Å². The Balaban J connectivity index is 1.99. The van der Waals surface area contributed by atoms with Gasteiger partial charge >= 0.3 is 5.91 Å². The Labute approximate surface area is 179 Å². The predicted molar refractivity (Wildman–Crippen MR) is 111 cm³/mol. The van der Waals surface area contributed by atoms with E-state index >= 15 is 0 Å². The van der Waals surface area contributed by atoms with Crippen molar-refractivity contribution in [3.8, 4) is 17.2 Å². The normalized spacial score (nSPS) is 11.4. The summed E-state index contributed by atoms with van der Waals surface area (Å²) in [6.45, 7) is 7.61. The van der Waals surface area contributed by atoms with Gasteiger partial charge in [-0.15, -0.1) is 21.8 Å². The Morgan fingerprint density at radius 1 is 1.30 bits per heavy atom. The standard InChI is InChI=1S/C20H24ClFN6O2/c1-4-27(12-21)10-16-25-26-18(14-5-7-15(22)8-6-14)28(16)17-11-30-20(24-17)19(29)23-9-13(2)3/h5-8,11,13H,4,9-10,12H2,1-3H3,(H,23,29). The Morgan fingerprint density at radius 3 is 2.67 bits per heavy atom. The molecule has 1 N–H and O–H groups in total. The van der Waals surface area contributed by atoms with Crippen LogP contribution in [0.5, 0.6) is 0 Å². The fourth-order valence-electron chi connectivity index (χ4n) is 2.73. The van der Waals surface area contributed by atoms with E-state index in [1.54, 1.807) is 16.7 Å². The molecule has 0 aliphatic carbocycles. The molecule has 0 radical (unpaired) electrons. The Bertz CT molecular complexity index is 982. The molecule has 3 rings (SSSR count). The van der Waals surface area contributed by atoms with Gasteiger partial charge in [-0.05, 0) is 36.7 Å². The highest BCUT2D eigenvalue weighted by Crippen LogP contribution is 2.24. The lowest BCUT2D eigenvalue weighted by Crippen LogP contribution is -2.27. The van der Waals surface area contributed by atoms with E-state index in [9.17, 15) is 9.18 Å². The van der Waals surface area contributed by atoms with Gasteiger partial charge in [-0.1, -0.05) is 20.8 Å². The minimum Gasteiger partial charge on any atom is -0.439 e. The highest BCUT2D eigenvalue weighted by Gasteiger charge is 2.22. The molecule has 3 aromatic rings. The molecule has 30 heavy (non-hydrogen) atoms. The maximum atomic E-state index is 13.4. The lowest BCUT2D eigenvalue weighted by molar-refractivity contribution is 0.0914. The van der Waals surface area contributed by atoms with Crippen LogP contribution in [0.2, 0.25) is 0 Å². The molecular weight excluding hydrogens is 411 g/mol. The minimum absolute atomic E-state index is 0.0555. The molecule has 0 unspecified atom stereocenters. The monoisotopic (exact) mass is 434 g/mol. The van der Waals surface area contributed by atoms with Crippen LogP contribution >= 0.6 is 11.6 Å². The number of aromatic nitrogens is 4. The summed E-state index contributed by atoms with van der Waals surface area (Å²) in [7, 11) is 0. The van der Waals surface area contributed by atoms with Gasteiger partial charge in [-0.25, -0.2) is 4.39 Å². The summed E-state index contributed by atoms with van der Waals surface area (Å²) in [5.74, 6) is 0.874. The Kier molecular flexibility index (Phi) is 7.17. The second kappa shape index (κ2) is 9.82. The van der Waals surface area contributed by atoms with Crippen LogP contribution < -0.4 is 5.32 Å². The minimum atomic E-state index is -0.399. The van der Waals surface area contributed by atoms with Crippen molar-refractivity contribution in [2.75, 3.05) is 19.1 Å². The molecule has 0 saturated heterocycles. The average Bonchev–Trinajstić information content (AvgIpc) is 3.37. The lowest BCUT2D eigenvalue weighted by atomic mass is 10.2. The number of carbonyl (C=O) groups excluding carboxylic acids is 1. The van der Waals surface area contributed by atoms with Crippen molar-refractivity contribution in [2.45, 2.75) is 27.3 Å². The molecule has 0 saturated carbocycles. The molecular formula is C20H24ClFN6O2. The van der Waals surface area contributed by atoms with Crippen molar-refractivity contribution in [2.24, 2.45) is 5.92 Å². The zero-order valence-electron chi connectivity index (χ0n) is 17.1. The molecule has 0 bridgehead atoms. The van der Waals surface area contributed by atoms with Gasteiger partial charge in [0, 0.05) is 12.1 Å². The van der Waals surface area contributed by atoms with Crippen LogP contribution in [0.15, 0.2) is 34.9 Å². The molecule has 1 amide bonds. The van der Waals surface area contributed by atoms with E-state index in [0.29, 0.717) is 54.6 Å². The summed E-state index contributed by atoms with van der Waals surface area (Å²) in [4.78, 5) is 18.6. The van der Waals surface area contributed by atoms with Crippen molar-refractivity contribution >= 4 is 17.5 Å². The predicted octanol–water partition coefficient (Wildman–Crippen LogP) is 3.47. The van der Waals surface area contributed by atoms with E-state index in [0.717, 1.165) is 0 Å². The van der Waals surface area contributed by atoms with E-state index in [2.05, 4.69) is 20.5 Å². The van der Waals surface area contributed by atoms with E-state index in [-0.39, 0.29) is 11.7 Å². The topological polar surface area (TPSA) is 89.1 Å². The van der Waals surface area contributed by atoms with Crippen LogP contribution in [0, 0.1) is 11.7 Å². The second-order valence-corrected chi connectivity index (χ2v) is 7.40. The fourth-order valence-corrected chi connectivity index (χ4v) is 2.98. The average molecular weight is 435 g/mol. The van der Waals surface area contributed by atoms with E-state index in [1.165, 1.54) is 18.4 Å². The van der Waals surface area contributed by atoms with Crippen LogP contribution in [0.25, 0.3) is 17.2 Å². The number of benzene rings is 1. The van der Waals surface area contributed by atoms with Crippen LogP contribution in [0.1, 0.15) is 37.3 Å². The highest BCUT2D eigenvalue weighted by atomic mass is 35.5. The number of hydrogen-bond donors (Lipinski definition) is 1. The van der Waals surface area contributed by atoms with Crippen molar-refractivity contribution in [1.29, 1.82) is 0 Å². The number of oxazole rings is 1. The van der Waals surface area contributed by atoms with Crippen molar-refractivity contribution in [1.82, 2.24) is 30.0 Å². The van der Waals surface area contributed by atoms with Crippen molar-refractivity contribution in [3.05, 3.63) is 48.1 Å². The van der Waals surface area contributed by atoms with Crippen molar-refractivity contribution in [3.63, 3.8) is 0 Å². The summed E-state index contributed by atoms with van der Waals surface area (Å²) in [6.07, 6.45) is 1.38. The summed E-state index contributed by atoms with van der Waals surface area (Å²) in [5.41, 5.74) is 0.651. The number of halogens is 2. The molecule has 8 nitrogen and oxygen atoms in total. The maximum absolute atomic E-state index is 13.4. The molecule has 2 heterocycles. The quantitative estimate of drug-likeness (QED) is 0.409. The SMILES string of the molecule is CCN(CCl)Cc1nnc(-c2ccc(F)cc2)n1-c1coc(C(=O)NCC(C)C)n1. The number of alkyl halides is 1. The first-order valence-corrected chi connectivity index (χ1v) is 10.2. The fraction of sp³-hybridized carbons (Fsp3) is 0.400. The molecule has 0 aliphatic heterocycles. The first kappa shape index (κ1) is 21.9. The van der Waals surface area contributed by atoms with Gasteiger partial charge in [0.2, 0.25) is 0 Å². The number of amides is 1. The third-order valence-electron chi connectivity index (χ3n) is 4.40. The largest absolute Gasteiger partial charge is 0.439 e. The zero-order chi connectivity index (χ0) is 21.7. The maximum Gasteiger partial charge on any atom is 0.307 e. The third kappa shape index (κ3) is 5.03. The Morgan fingerprint density at radius 2 is 2.03 bits per heavy atom.